The normalized spacial score (nSPS) is 15.4. The van der Waals surface area contributed by atoms with Gasteiger partial charge in [0.25, 0.3) is 5.91 Å². The van der Waals surface area contributed by atoms with E-state index in [1.54, 1.807) is 0 Å². The molecule has 1 aliphatic rings. The summed E-state index contributed by atoms with van der Waals surface area (Å²) >= 11 is 6.33. The predicted molar refractivity (Wildman–Crippen MR) is 103 cm³/mol. The number of amides is 1. The number of halogens is 1. The minimum absolute atomic E-state index is 0.120. The van der Waals surface area contributed by atoms with Gasteiger partial charge in [0, 0.05) is 39.3 Å². The topological polar surface area (TPSA) is 73.8 Å². The molecule has 1 aromatic heterocycles. The first-order chi connectivity index (χ1) is 12.5. The van der Waals surface area contributed by atoms with Gasteiger partial charge >= 0.3 is 0 Å². The van der Waals surface area contributed by atoms with Gasteiger partial charge in [-0.1, -0.05) is 25.4 Å². The number of nitrogens with one attached hydrogen (secondary N) is 1. The fourth-order valence-electron chi connectivity index (χ4n) is 2.85. The SMILES string of the molecule is CCN(CC)CCNC(=O)c1nc(Cl)c(N2CCN(C)CC2)nc1OC. The monoisotopic (exact) mass is 384 g/mol. The van der Waals surface area contributed by atoms with Crippen molar-refractivity contribution in [3.05, 3.63) is 10.8 Å². The molecule has 0 saturated carbocycles. The Morgan fingerprint density at radius 2 is 1.88 bits per heavy atom. The summed E-state index contributed by atoms with van der Waals surface area (Å²) in [6.07, 6.45) is 0. The van der Waals surface area contributed by atoms with Crippen molar-refractivity contribution < 1.29 is 9.53 Å². The number of anilines is 1. The number of methoxy groups -OCH3 is 1. The molecule has 0 aromatic carbocycles. The average Bonchev–Trinajstić information content (AvgIpc) is 2.65. The molecule has 1 fully saturated rings. The molecule has 1 amide bonds. The molecular weight excluding hydrogens is 356 g/mol. The van der Waals surface area contributed by atoms with E-state index in [1.807, 2.05) is 0 Å². The van der Waals surface area contributed by atoms with Crippen LogP contribution in [0.2, 0.25) is 5.15 Å². The number of hydrogen-bond acceptors (Lipinski definition) is 7. The molecule has 2 heterocycles. The van der Waals surface area contributed by atoms with Crippen LogP contribution < -0.4 is 15.0 Å². The Morgan fingerprint density at radius 1 is 1.23 bits per heavy atom. The highest BCUT2D eigenvalue weighted by Crippen LogP contribution is 2.27. The second-order valence-electron chi connectivity index (χ2n) is 6.27. The summed E-state index contributed by atoms with van der Waals surface area (Å²) < 4.78 is 5.30. The molecule has 8 nitrogen and oxygen atoms in total. The Hall–Kier alpha value is -1.64. The Balaban J connectivity index is 2.09. The molecule has 1 aromatic rings. The number of hydrogen-bond donors (Lipinski definition) is 1. The second kappa shape index (κ2) is 9.89. The number of carbonyl (C=O) groups is 1. The quantitative estimate of drug-likeness (QED) is 0.715. The van der Waals surface area contributed by atoms with Crippen LogP contribution in [0, 0.1) is 0 Å². The molecule has 9 heteroatoms. The van der Waals surface area contributed by atoms with Crippen molar-refractivity contribution >= 4 is 23.3 Å². The molecular formula is C17H29ClN6O2. The Morgan fingerprint density at radius 3 is 2.46 bits per heavy atom. The third-order valence-electron chi connectivity index (χ3n) is 4.62. The highest BCUT2D eigenvalue weighted by Gasteiger charge is 2.24. The smallest absolute Gasteiger partial charge is 0.275 e. The van der Waals surface area contributed by atoms with E-state index < -0.39 is 0 Å². The van der Waals surface area contributed by atoms with Crippen molar-refractivity contribution in [3.8, 4) is 5.88 Å². The summed E-state index contributed by atoms with van der Waals surface area (Å²) in [5.41, 5.74) is 0.120. The number of nitrogens with zero attached hydrogens (tertiary/aromatic N) is 5. The van der Waals surface area contributed by atoms with Crippen molar-refractivity contribution in [1.82, 2.24) is 25.1 Å². The fraction of sp³-hybridized carbons (Fsp3) is 0.706. The number of likely N-dealkylation sites (N-methyl/N-ethyl adjacent to an activating group) is 2. The van der Waals surface area contributed by atoms with E-state index in [4.69, 9.17) is 16.3 Å². The molecule has 0 atom stereocenters. The number of ether oxygens (including phenoxy) is 1. The average molecular weight is 385 g/mol. The van der Waals surface area contributed by atoms with Gasteiger partial charge in [-0.15, -0.1) is 0 Å². The van der Waals surface area contributed by atoms with Gasteiger partial charge < -0.3 is 24.8 Å². The standard InChI is InChI=1S/C17H29ClN6O2/c1-5-23(6-2)8-7-19-16(25)13-17(26-4)21-15(14(18)20-13)24-11-9-22(3)10-12-24/h5-12H2,1-4H3,(H,19,25). The van der Waals surface area contributed by atoms with Gasteiger partial charge in [0.15, 0.2) is 16.7 Å². The molecule has 26 heavy (non-hydrogen) atoms. The maximum atomic E-state index is 12.5. The summed E-state index contributed by atoms with van der Waals surface area (Å²) in [6.45, 7) is 10.9. The Kier molecular flexibility index (Phi) is 7.86. The lowest BCUT2D eigenvalue weighted by atomic mass is 10.3. The lowest BCUT2D eigenvalue weighted by molar-refractivity contribution is 0.0939. The van der Waals surface area contributed by atoms with Gasteiger partial charge in [0.05, 0.1) is 7.11 Å². The molecule has 1 aliphatic heterocycles. The molecule has 0 radical (unpaired) electrons. The zero-order valence-electron chi connectivity index (χ0n) is 16.1. The van der Waals surface area contributed by atoms with Crippen LogP contribution >= 0.6 is 11.6 Å². The first-order valence-electron chi connectivity index (χ1n) is 9.05. The molecule has 0 bridgehead atoms. The summed E-state index contributed by atoms with van der Waals surface area (Å²) in [5.74, 6) is 0.438. The van der Waals surface area contributed by atoms with Gasteiger partial charge in [0.1, 0.15) is 0 Å². The first kappa shape index (κ1) is 20.7. The molecule has 2 rings (SSSR count). The summed E-state index contributed by atoms with van der Waals surface area (Å²) in [6, 6.07) is 0. The molecule has 0 aliphatic carbocycles. The second-order valence-corrected chi connectivity index (χ2v) is 6.63. The summed E-state index contributed by atoms with van der Waals surface area (Å²) in [4.78, 5) is 27.7. The minimum atomic E-state index is -0.326. The minimum Gasteiger partial charge on any atom is -0.479 e. The maximum absolute atomic E-state index is 12.5. The van der Waals surface area contributed by atoms with Crippen molar-refractivity contribution in [2.45, 2.75) is 13.8 Å². The molecule has 0 unspecified atom stereocenters. The van der Waals surface area contributed by atoms with Crippen LogP contribution in [0.25, 0.3) is 0 Å². The van der Waals surface area contributed by atoms with E-state index in [2.05, 4.69) is 50.9 Å². The number of piperazine rings is 1. The van der Waals surface area contributed by atoms with E-state index in [1.165, 1.54) is 7.11 Å². The largest absolute Gasteiger partial charge is 0.479 e. The van der Waals surface area contributed by atoms with Crippen LogP contribution in [0.5, 0.6) is 5.88 Å². The third kappa shape index (κ3) is 5.18. The van der Waals surface area contributed by atoms with Gasteiger partial charge in [-0.2, -0.15) is 4.98 Å². The zero-order valence-corrected chi connectivity index (χ0v) is 16.8. The first-order valence-corrected chi connectivity index (χ1v) is 9.43. The lowest BCUT2D eigenvalue weighted by Gasteiger charge is -2.33. The third-order valence-corrected chi connectivity index (χ3v) is 4.88. The van der Waals surface area contributed by atoms with Gasteiger partial charge in [-0.05, 0) is 20.1 Å². The van der Waals surface area contributed by atoms with Crippen molar-refractivity contribution in [2.24, 2.45) is 0 Å². The molecule has 1 saturated heterocycles. The van der Waals surface area contributed by atoms with E-state index >= 15 is 0 Å². The molecule has 0 spiro atoms. The summed E-state index contributed by atoms with van der Waals surface area (Å²) in [7, 11) is 3.56. The van der Waals surface area contributed by atoms with Crippen LogP contribution in [-0.2, 0) is 0 Å². The van der Waals surface area contributed by atoms with E-state index in [0.29, 0.717) is 12.4 Å². The highest BCUT2D eigenvalue weighted by molar-refractivity contribution is 6.32. The lowest BCUT2D eigenvalue weighted by Crippen LogP contribution is -2.45. The van der Waals surface area contributed by atoms with Crippen molar-refractivity contribution in [2.75, 3.05) is 71.4 Å². The van der Waals surface area contributed by atoms with Crippen LogP contribution in [0.1, 0.15) is 24.3 Å². The Bertz CT molecular complexity index is 603. The van der Waals surface area contributed by atoms with E-state index in [-0.39, 0.29) is 22.6 Å². The fourth-order valence-corrected chi connectivity index (χ4v) is 3.10. The van der Waals surface area contributed by atoms with Crippen LogP contribution in [-0.4, -0.2) is 92.2 Å². The summed E-state index contributed by atoms with van der Waals surface area (Å²) in [5, 5.41) is 3.09. The number of carbonyl (C=O) groups excluding carboxylic acids is 1. The molecule has 146 valence electrons. The van der Waals surface area contributed by atoms with Gasteiger partial charge in [0.2, 0.25) is 5.88 Å². The maximum Gasteiger partial charge on any atom is 0.275 e. The Labute approximate surface area is 160 Å². The van der Waals surface area contributed by atoms with Crippen molar-refractivity contribution in [1.29, 1.82) is 0 Å². The van der Waals surface area contributed by atoms with Crippen LogP contribution in [0.4, 0.5) is 5.82 Å². The molecule has 1 N–H and O–H groups in total. The van der Waals surface area contributed by atoms with Gasteiger partial charge in [-0.25, -0.2) is 4.98 Å². The van der Waals surface area contributed by atoms with E-state index in [0.717, 1.165) is 45.8 Å². The highest BCUT2D eigenvalue weighted by atomic mass is 35.5. The van der Waals surface area contributed by atoms with Crippen molar-refractivity contribution in [3.63, 3.8) is 0 Å². The predicted octanol–water partition coefficient (Wildman–Crippen LogP) is 0.962. The van der Waals surface area contributed by atoms with Gasteiger partial charge in [-0.3, -0.25) is 4.79 Å². The zero-order chi connectivity index (χ0) is 19.1. The van der Waals surface area contributed by atoms with Crippen LogP contribution in [0.3, 0.4) is 0 Å². The van der Waals surface area contributed by atoms with Crippen LogP contribution in [0.15, 0.2) is 0 Å². The number of rotatable bonds is 8. The number of aromatic nitrogens is 2. The van der Waals surface area contributed by atoms with E-state index in [9.17, 15) is 4.79 Å².